The fourth-order valence-corrected chi connectivity index (χ4v) is 3.22. The molecule has 0 atom stereocenters. The zero-order valence-corrected chi connectivity index (χ0v) is 15.9. The Kier molecular flexibility index (Phi) is 6.60. The number of nitrogens with one attached hydrogen (secondary N) is 2. The average Bonchev–Trinajstić information content (AvgIpc) is 2.57. The van der Waals surface area contributed by atoms with E-state index in [1.165, 1.54) is 6.07 Å². The van der Waals surface area contributed by atoms with Gasteiger partial charge in [-0.2, -0.15) is 0 Å². The fraction of sp³-hybridized carbons (Fsp3) is 0.235. The van der Waals surface area contributed by atoms with Crippen LogP contribution in [-0.2, 0) is 21.4 Å². The first-order chi connectivity index (χ1) is 12.2. The van der Waals surface area contributed by atoms with Gasteiger partial charge < -0.3 is 5.32 Å². The predicted octanol–water partition coefficient (Wildman–Crippen LogP) is 2.67. The van der Waals surface area contributed by atoms with Gasteiger partial charge in [-0.25, -0.2) is 19.0 Å². The molecule has 0 aliphatic rings. The molecule has 0 spiro atoms. The summed E-state index contributed by atoms with van der Waals surface area (Å²) in [7, 11) is -4.09. The molecule has 0 fully saturated rings. The minimum atomic E-state index is -4.09. The van der Waals surface area contributed by atoms with E-state index in [0.717, 1.165) is 11.6 Å². The lowest BCUT2D eigenvalue weighted by atomic mass is 10.1. The standard InChI is InChI=1S/C17H20ClN3O4S/c1-11(2)25-21-17(22)13-8-16(26(19,23)24)14(18)9-15(13)20-10-12-6-4-3-5-7-12/h3-9,11,20H,10H2,1-2H3,(H,21,22)(H2,19,23,24). The molecule has 1 amide bonds. The molecule has 26 heavy (non-hydrogen) atoms. The largest absolute Gasteiger partial charge is 0.380 e. The summed E-state index contributed by atoms with van der Waals surface area (Å²) in [4.78, 5) is 17.2. The van der Waals surface area contributed by atoms with Crippen molar-refractivity contribution in [3.05, 3.63) is 58.6 Å². The Morgan fingerprint density at radius 2 is 1.88 bits per heavy atom. The summed E-state index contributed by atoms with van der Waals surface area (Å²) in [5, 5.41) is 8.17. The normalized spacial score (nSPS) is 11.4. The van der Waals surface area contributed by atoms with Crippen molar-refractivity contribution < 1.29 is 18.0 Å². The van der Waals surface area contributed by atoms with E-state index in [1.54, 1.807) is 13.8 Å². The zero-order chi connectivity index (χ0) is 19.3. The van der Waals surface area contributed by atoms with Crippen molar-refractivity contribution in [1.29, 1.82) is 0 Å². The molecule has 0 bridgehead atoms. The molecular weight excluding hydrogens is 378 g/mol. The van der Waals surface area contributed by atoms with Gasteiger partial charge in [-0.3, -0.25) is 9.63 Å². The number of primary sulfonamides is 1. The Hall–Kier alpha value is -2.13. The monoisotopic (exact) mass is 397 g/mol. The summed E-state index contributed by atoms with van der Waals surface area (Å²) in [6.07, 6.45) is -0.246. The van der Waals surface area contributed by atoms with E-state index >= 15 is 0 Å². The molecule has 0 unspecified atom stereocenters. The molecule has 2 aromatic carbocycles. The number of hydrogen-bond acceptors (Lipinski definition) is 5. The molecule has 0 saturated heterocycles. The van der Waals surface area contributed by atoms with Gasteiger partial charge in [0.1, 0.15) is 4.90 Å². The third kappa shape index (κ3) is 5.43. The van der Waals surface area contributed by atoms with Crippen molar-refractivity contribution in [2.45, 2.75) is 31.4 Å². The minimum absolute atomic E-state index is 0.0509. The summed E-state index contributed by atoms with van der Waals surface area (Å²) in [5.74, 6) is -0.615. The molecule has 0 radical (unpaired) electrons. The van der Waals surface area contributed by atoms with Crippen LogP contribution in [0.25, 0.3) is 0 Å². The molecule has 140 valence electrons. The van der Waals surface area contributed by atoms with Crippen molar-refractivity contribution in [3.63, 3.8) is 0 Å². The quantitative estimate of drug-likeness (QED) is 0.622. The Balaban J connectivity index is 2.37. The Morgan fingerprint density at radius 1 is 1.23 bits per heavy atom. The van der Waals surface area contributed by atoms with E-state index in [4.69, 9.17) is 21.6 Å². The molecule has 4 N–H and O–H groups in total. The van der Waals surface area contributed by atoms with Gasteiger partial charge in [0, 0.05) is 12.2 Å². The average molecular weight is 398 g/mol. The van der Waals surface area contributed by atoms with Crippen molar-refractivity contribution >= 4 is 33.2 Å². The van der Waals surface area contributed by atoms with Crippen LogP contribution in [0.4, 0.5) is 5.69 Å². The van der Waals surface area contributed by atoms with Crippen molar-refractivity contribution in [2.75, 3.05) is 5.32 Å². The van der Waals surface area contributed by atoms with E-state index in [-0.39, 0.29) is 21.6 Å². The third-order valence-electron chi connectivity index (χ3n) is 3.34. The van der Waals surface area contributed by atoms with E-state index in [1.807, 2.05) is 30.3 Å². The molecular formula is C17H20ClN3O4S. The topological polar surface area (TPSA) is 111 Å². The zero-order valence-electron chi connectivity index (χ0n) is 14.3. The highest BCUT2D eigenvalue weighted by molar-refractivity contribution is 7.89. The number of benzene rings is 2. The summed E-state index contributed by atoms with van der Waals surface area (Å²) in [6.45, 7) is 3.90. The Morgan fingerprint density at radius 3 is 2.46 bits per heavy atom. The highest BCUT2D eigenvalue weighted by Crippen LogP contribution is 2.28. The van der Waals surface area contributed by atoms with Gasteiger partial charge in [-0.05, 0) is 31.5 Å². The van der Waals surface area contributed by atoms with Crippen LogP contribution < -0.4 is 15.9 Å². The van der Waals surface area contributed by atoms with Crippen LogP contribution in [0.3, 0.4) is 0 Å². The third-order valence-corrected chi connectivity index (χ3v) is 4.71. The number of halogens is 1. The second-order valence-electron chi connectivity index (χ2n) is 5.81. The molecule has 0 aliphatic carbocycles. The number of carbonyl (C=O) groups is 1. The van der Waals surface area contributed by atoms with Gasteiger partial charge in [0.05, 0.1) is 16.7 Å². The van der Waals surface area contributed by atoms with E-state index in [0.29, 0.717) is 12.2 Å². The number of nitrogens with two attached hydrogens (primary N) is 1. The van der Waals surface area contributed by atoms with Crippen LogP contribution in [0, 0.1) is 0 Å². The van der Waals surface area contributed by atoms with E-state index < -0.39 is 15.9 Å². The predicted molar refractivity (Wildman–Crippen MR) is 100 cm³/mol. The van der Waals surface area contributed by atoms with Gasteiger partial charge in [-0.15, -0.1) is 0 Å². The molecule has 0 aliphatic heterocycles. The lowest BCUT2D eigenvalue weighted by molar-refractivity contribution is 0.000226. The Labute approximate surface area is 157 Å². The van der Waals surface area contributed by atoms with Crippen LogP contribution in [0.5, 0.6) is 0 Å². The second-order valence-corrected chi connectivity index (χ2v) is 7.75. The van der Waals surface area contributed by atoms with Crippen LogP contribution in [0.15, 0.2) is 47.4 Å². The molecule has 2 rings (SSSR count). The van der Waals surface area contributed by atoms with Crippen LogP contribution >= 0.6 is 11.6 Å². The van der Waals surface area contributed by atoms with Gasteiger partial charge >= 0.3 is 0 Å². The summed E-state index contributed by atoms with van der Waals surface area (Å²) < 4.78 is 23.4. The number of hydrogen-bond donors (Lipinski definition) is 3. The number of amides is 1. The molecule has 2 aromatic rings. The molecule has 7 nitrogen and oxygen atoms in total. The number of hydroxylamine groups is 1. The lowest BCUT2D eigenvalue weighted by Gasteiger charge is -2.15. The molecule has 0 aromatic heterocycles. The second kappa shape index (κ2) is 8.50. The van der Waals surface area contributed by atoms with E-state index in [9.17, 15) is 13.2 Å². The molecule has 9 heteroatoms. The van der Waals surface area contributed by atoms with Crippen molar-refractivity contribution in [2.24, 2.45) is 5.14 Å². The molecule has 0 saturated carbocycles. The molecule has 0 heterocycles. The summed E-state index contributed by atoms with van der Waals surface area (Å²) in [6, 6.07) is 12.0. The van der Waals surface area contributed by atoms with Gasteiger partial charge in [0.25, 0.3) is 5.91 Å². The maximum Gasteiger partial charge on any atom is 0.276 e. The maximum atomic E-state index is 12.4. The van der Waals surface area contributed by atoms with Crippen LogP contribution in [0.1, 0.15) is 29.8 Å². The summed E-state index contributed by atoms with van der Waals surface area (Å²) >= 11 is 6.04. The number of carbonyl (C=O) groups excluding carboxylic acids is 1. The van der Waals surface area contributed by atoms with Crippen molar-refractivity contribution in [3.8, 4) is 0 Å². The fourth-order valence-electron chi connectivity index (χ4n) is 2.13. The first kappa shape index (κ1) is 20.2. The first-order valence-electron chi connectivity index (χ1n) is 7.78. The Bertz CT molecular complexity index is 886. The van der Waals surface area contributed by atoms with Crippen LogP contribution in [-0.4, -0.2) is 20.4 Å². The van der Waals surface area contributed by atoms with Gasteiger partial charge in [0.2, 0.25) is 10.0 Å². The number of rotatable bonds is 7. The lowest BCUT2D eigenvalue weighted by Crippen LogP contribution is -2.28. The van der Waals surface area contributed by atoms with Crippen molar-refractivity contribution in [1.82, 2.24) is 5.48 Å². The SMILES string of the molecule is CC(C)ONC(=O)c1cc(S(N)(=O)=O)c(Cl)cc1NCc1ccccc1. The minimum Gasteiger partial charge on any atom is -0.380 e. The van der Waals surface area contributed by atoms with Gasteiger partial charge in [-0.1, -0.05) is 41.9 Å². The smallest absolute Gasteiger partial charge is 0.276 e. The highest BCUT2D eigenvalue weighted by atomic mass is 35.5. The number of sulfonamides is 1. The maximum absolute atomic E-state index is 12.4. The van der Waals surface area contributed by atoms with E-state index in [2.05, 4.69) is 10.8 Å². The summed E-state index contributed by atoms with van der Waals surface area (Å²) in [5.41, 5.74) is 3.66. The first-order valence-corrected chi connectivity index (χ1v) is 9.71. The van der Waals surface area contributed by atoms with Gasteiger partial charge in [0.15, 0.2) is 0 Å². The highest BCUT2D eigenvalue weighted by Gasteiger charge is 2.21. The number of anilines is 1. The van der Waals surface area contributed by atoms with Crippen LogP contribution in [0.2, 0.25) is 5.02 Å².